The van der Waals surface area contributed by atoms with Gasteiger partial charge in [0.1, 0.15) is 0 Å². The fourth-order valence-electron chi connectivity index (χ4n) is 2.73. The Labute approximate surface area is 118 Å². The molecule has 0 spiro atoms. The van der Waals surface area contributed by atoms with E-state index >= 15 is 0 Å². The third kappa shape index (κ3) is 2.87. The molecule has 1 aromatic carbocycles. The Morgan fingerprint density at radius 2 is 2.28 bits per heavy atom. The fourth-order valence-corrected chi connectivity index (χ4v) is 3.25. The molecule has 18 heavy (non-hydrogen) atoms. The van der Waals surface area contributed by atoms with E-state index in [4.69, 9.17) is 5.73 Å². The van der Waals surface area contributed by atoms with Crippen LogP contribution in [0.25, 0.3) is 0 Å². The minimum atomic E-state index is 0.571. The van der Waals surface area contributed by atoms with Gasteiger partial charge in [0.2, 0.25) is 0 Å². The maximum Gasteiger partial charge on any atom is 0.0421 e. The predicted molar refractivity (Wildman–Crippen MR) is 81.0 cm³/mol. The van der Waals surface area contributed by atoms with Gasteiger partial charge in [0.05, 0.1) is 0 Å². The summed E-state index contributed by atoms with van der Waals surface area (Å²) in [5, 5.41) is 0. The van der Waals surface area contributed by atoms with Crippen molar-refractivity contribution in [1.29, 1.82) is 0 Å². The second-order valence-electron chi connectivity index (χ2n) is 5.10. The maximum absolute atomic E-state index is 5.86. The van der Waals surface area contributed by atoms with E-state index in [1.54, 1.807) is 0 Å². The van der Waals surface area contributed by atoms with Gasteiger partial charge in [0, 0.05) is 41.9 Å². The molecule has 100 valence electrons. The van der Waals surface area contributed by atoms with Gasteiger partial charge in [-0.3, -0.25) is 0 Å². The second kappa shape index (κ2) is 6.04. The summed E-state index contributed by atoms with van der Waals surface area (Å²) in [5.74, 6) is 0. The minimum absolute atomic E-state index is 0.571. The molecule has 1 unspecified atom stereocenters. The average molecular weight is 312 g/mol. The van der Waals surface area contributed by atoms with E-state index in [-0.39, 0.29) is 0 Å². The van der Waals surface area contributed by atoms with Crippen LogP contribution in [0.1, 0.15) is 18.4 Å². The number of hydrogen-bond acceptors (Lipinski definition) is 3. The summed E-state index contributed by atoms with van der Waals surface area (Å²) < 4.78 is 1.11. The molecule has 0 amide bonds. The van der Waals surface area contributed by atoms with Crippen LogP contribution in [-0.4, -0.2) is 38.1 Å². The maximum atomic E-state index is 5.86. The van der Waals surface area contributed by atoms with Crippen LogP contribution in [0, 0.1) is 0 Å². The summed E-state index contributed by atoms with van der Waals surface area (Å²) in [4.78, 5) is 4.79. The SMILES string of the molecule is CN(CC1CCCN1C)c1cccc(Br)c1CN. The van der Waals surface area contributed by atoms with Crippen LogP contribution in [0.5, 0.6) is 0 Å². The summed E-state index contributed by atoms with van der Waals surface area (Å²) in [7, 11) is 4.38. The molecule has 0 bridgehead atoms. The Bertz CT molecular complexity index is 408. The van der Waals surface area contributed by atoms with E-state index in [0.29, 0.717) is 12.6 Å². The van der Waals surface area contributed by atoms with Crippen molar-refractivity contribution in [3.05, 3.63) is 28.2 Å². The molecule has 0 aliphatic carbocycles. The zero-order valence-corrected chi connectivity index (χ0v) is 12.8. The molecule has 0 aromatic heterocycles. The molecule has 1 saturated heterocycles. The lowest BCUT2D eigenvalue weighted by Gasteiger charge is -2.29. The number of nitrogens with zero attached hydrogens (tertiary/aromatic N) is 2. The van der Waals surface area contributed by atoms with Crippen LogP contribution in [0.4, 0.5) is 5.69 Å². The van der Waals surface area contributed by atoms with E-state index < -0.39 is 0 Å². The molecule has 4 heteroatoms. The van der Waals surface area contributed by atoms with Gasteiger partial charge in [-0.05, 0) is 38.6 Å². The lowest BCUT2D eigenvalue weighted by molar-refractivity contribution is 0.314. The average Bonchev–Trinajstić information content (AvgIpc) is 2.74. The van der Waals surface area contributed by atoms with Crippen LogP contribution in [0.15, 0.2) is 22.7 Å². The summed E-state index contributed by atoms with van der Waals surface area (Å²) in [6, 6.07) is 6.95. The fraction of sp³-hybridized carbons (Fsp3) is 0.571. The van der Waals surface area contributed by atoms with Gasteiger partial charge in [-0.2, -0.15) is 0 Å². The number of rotatable bonds is 4. The Morgan fingerprint density at radius 1 is 1.50 bits per heavy atom. The molecular formula is C14H22BrN3. The van der Waals surface area contributed by atoms with Crippen LogP contribution < -0.4 is 10.6 Å². The first kappa shape index (κ1) is 13.8. The van der Waals surface area contributed by atoms with Crippen LogP contribution >= 0.6 is 15.9 Å². The molecule has 1 aromatic rings. The van der Waals surface area contributed by atoms with Crippen molar-refractivity contribution >= 4 is 21.6 Å². The van der Waals surface area contributed by atoms with Crippen molar-refractivity contribution in [3.63, 3.8) is 0 Å². The van der Waals surface area contributed by atoms with Crippen LogP contribution in [0.3, 0.4) is 0 Å². The molecule has 1 atom stereocenters. The molecule has 2 rings (SSSR count). The predicted octanol–water partition coefficient (Wildman–Crippen LogP) is 2.44. The monoisotopic (exact) mass is 311 g/mol. The highest BCUT2D eigenvalue weighted by molar-refractivity contribution is 9.10. The molecule has 3 nitrogen and oxygen atoms in total. The van der Waals surface area contributed by atoms with Crippen molar-refractivity contribution in [2.45, 2.75) is 25.4 Å². The third-order valence-electron chi connectivity index (χ3n) is 3.87. The van der Waals surface area contributed by atoms with Gasteiger partial charge in [-0.15, -0.1) is 0 Å². The van der Waals surface area contributed by atoms with Gasteiger partial charge >= 0.3 is 0 Å². The number of likely N-dealkylation sites (tertiary alicyclic amines) is 1. The molecule has 2 N–H and O–H groups in total. The van der Waals surface area contributed by atoms with E-state index in [2.05, 4.69) is 58.0 Å². The second-order valence-corrected chi connectivity index (χ2v) is 5.95. The van der Waals surface area contributed by atoms with Crippen LogP contribution in [0.2, 0.25) is 0 Å². The van der Waals surface area contributed by atoms with Crippen molar-refractivity contribution in [2.75, 3.05) is 32.1 Å². The third-order valence-corrected chi connectivity index (χ3v) is 4.61. The molecular weight excluding hydrogens is 290 g/mol. The number of hydrogen-bond donors (Lipinski definition) is 1. The van der Waals surface area contributed by atoms with E-state index in [9.17, 15) is 0 Å². The number of halogens is 1. The van der Waals surface area contributed by atoms with Crippen molar-refractivity contribution in [2.24, 2.45) is 5.73 Å². The zero-order valence-electron chi connectivity index (χ0n) is 11.2. The normalized spacial score (nSPS) is 20.3. The summed E-state index contributed by atoms with van der Waals surface area (Å²) in [6.45, 7) is 2.86. The first-order valence-corrected chi connectivity index (χ1v) is 7.31. The van der Waals surface area contributed by atoms with Crippen molar-refractivity contribution in [1.82, 2.24) is 4.90 Å². The minimum Gasteiger partial charge on any atom is -0.373 e. The first-order valence-electron chi connectivity index (χ1n) is 6.52. The van der Waals surface area contributed by atoms with Crippen LogP contribution in [-0.2, 0) is 6.54 Å². The number of benzene rings is 1. The van der Waals surface area contributed by atoms with E-state index in [0.717, 1.165) is 11.0 Å². The number of anilines is 1. The smallest absolute Gasteiger partial charge is 0.0421 e. The largest absolute Gasteiger partial charge is 0.373 e. The molecule has 1 fully saturated rings. The quantitative estimate of drug-likeness (QED) is 0.927. The van der Waals surface area contributed by atoms with Gasteiger partial charge < -0.3 is 15.5 Å². The molecule has 0 radical (unpaired) electrons. The first-order chi connectivity index (χ1) is 8.63. The Hall–Kier alpha value is -0.580. The number of likely N-dealkylation sites (N-methyl/N-ethyl adjacent to an activating group) is 2. The van der Waals surface area contributed by atoms with Gasteiger partial charge in [0.15, 0.2) is 0 Å². The van der Waals surface area contributed by atoms with Crippen molar-refractivity contribution < 1.29 is 0 Å². The molecule has 0 saturated carbocycles. The van der Waals surface area contributed by atoms with Gasteiger partial charge in [-0.1, -0.05) is 22.0 Å². The molecule has 1 heterocycles. The summed E-state index contributed by atoms with van der Waals surface area (Å²) in [5.41, 5.74) is 8.30. The summed E-state index contributed by atoms with van der Waals surface area (Å²) >= 11 is 3.58. The molecule has 1 aliphatic rings. The van der Waals surface area contributed by atoms with Crippen molar-refractivity contribution in [3.8, 4) is 0 Å². The topological polar surface area (TPSA) is 32.5 Å². The Balaban J connectivity index is 2.13. The lowest BCUT2D eigenvalue weighted by Crippen LogP contribution is -2.37. The highest BCUT2D eigenvalue weighted by Crippen LogP contribution is 2.28. The van der Waals surface area contributed by atoms with Gasteiger partial charge in [0.25, 0.3) is 0 Å². The molecule has 1 aliphatic heterocycles. The summed E-state index contributed by atoms with van der Waals surface area (Å²) in [6.07, 6.45) is 2.62. The standard InChI is InChI=1S/C14H22BrN3/c1-17-8-4-5-11(17)10-18(2)14-7-3-6-13(15)12(14)9-16/h3,6-7,11H,4-5,8-10,16H2,1-2H3. The Kier molecular flexibility index (Phi) is 4.65. The highest BCUT2D eigenvalue weighted by atomic mass is 79.9. The zero-order chi connectivity index (χ0) is 13.1. The van der Waals surface area contributed by atoms with E-state index in [1.807, 2.05) is 0 Å². The van der Waals surface area contributed by atoms with Gasteiger partial charge in [-0.25, -0.2) is 0 Å². The highest BCUT2D eigenvalue weighted by Gasteiger charge is 2.23. The number of nitrogens with two attached hydrogens (primary N) is 1. The Morgan fingerprint density at radius 3 is 2.89 bits per heavy atom. The lowest BCUT2D eigenvalue weighted by atomic mass is 10.1. The van der Waals surface area contributed by atoms with E-state index in [1.165, 1.54) is 30.6 Å².